The maximum absolute atomic E-state index is 11.4. The van der Waals surface area contributed by atoms with E-state index in [0.29, 0.717) is 37.8 Å². The molecule has 0 saturated carbocycles. The lowest BCUT2D eigenvalue weighted by Crippen LogP contribution is -2.29. The van der Waals surface area contributed by atoms with Crippen molar-refractivity contribution in [1.82, 2.24) is 0 Å². The number of methoxy groups -OCH3 is 2. The summed E-state index contributed by atoms with van der Waals surface area (Å²) < 4.78 is 20.4. The Bertz CT molecular complexity index is 540. The molecule has 0 unspecified atom stereocenters. The van der Waals surface area contributed by atoms with Crippen molar-refractivity contribution in [1.29, 1.82) is 0 Å². The highest BCUT2D eigenvalue weighted by molar-refractivity contribution is 5.71. The minimum absolute atomic E-state index is 0.228. The van der Waals surface area contributed by atoms with Gasteiger partial charge in [-0.05, 0) is 12.1 Å². The van der Waals surface area contributed by atoms with Crippen LogP contribution in [0.1, 0.15) is 12.8 Å². The van der Waals surface area contributed by atoms with E-state index in [2.05, 4.69) is 9.47 Å². The molecule has 0 amide bonds. The lowest BCUT2D eigenvalue weighted by molar-refractivity contribution is -0.140. The van der Waals surface area contributed by atoms with Gasteiger partial charge in [-0.2, -0.15) is 0 Å². The predicted molar refractivity (Wildman–Crippen MR) is 82.9 cm³/mol. The largest absolute Gasteiger partial charge is 0.486 e. The Morgan fingerprint density at radius 2 is 1.57 bits per heavy atom. The number of fused-ring (bicyclic) bond motifs is 1. The van der Waals surface area contributed by atoms with Gasteiger partial charge >= 0.3 is 11.9 Å². The van der Waals surface area contributed by atoms with E-state index < -0.39 is 0 Å². The summed E-state index contributed by atoms with van der Waals surface area (Å²) in [6.45, 7) is 1.90. The highest BCUT2D eigenvalue weighted by Gasteiger charge is 2.16. The third-order valence-electron chi connectivity index (χ3n) is 3.52. The number of carbonyl (C=O) groups excluding carboxylic acids is 2. The molecule has 0 radical (unpaired) electrons. The highest BCUT2D eigenvalue weighted by atomic mass is 16.6. The van der Waals surface area contributed by atoms with Crippen molar-refractivity contribution >= 4 is 17.6 Å². The first-order valence-electron chi connectivity index (χ1n) is 7.42. The molecule has 1 aromatic carbocycles. The van der Waals surface area contributed by atoms with E-state index in [4.69, 9.17) is 9.47 Å². The van der Waals surface area contributed by atoms with Gasteiger partial charge in [0.2, 0.25) is 0 Å². The van der Waals surface area contributed by atoms with Crippen molar-refractivity contribution in [2.24, 2.45) is 0 Å². The molecule has 1 aliphatic heterocycles. The molecular weight excluding hydrogens is 302 g/mol. The van der Waals surface area contributed by atoms with Gasteiger partial charge in [0.1, 0.15) is 13.2 Å². The van der Waals surface area contributed by atoms with Crippen LogP contribution >= 0.6 is 0 Å². The van der Waals surface area contributed by atoms with Crippen molar-refractivity contribution < 1.29 is 28.5 Å². The van der Waals surface area contributed by atoms with Crippen LogP contribution in [0.3, 0.4) is 0 Å². The molecule has 2 rings (SSSR count). The van der Waals surface area contributed by atoms with Gasteiger partial charge in [0.15, 0.2) is 11.5 Å². The molecule has 0 bridgehead atoms. The number of benzene rings is 1. The Labute approximate surface area is 135 Å². The first-order valence-corrected chi connectivity index (χ1v) is 7.42. The number of rotatable bonds is 7. The summed E-state index contributed by atoms with van der Waals surface area (Å²) in [7, 11) is 2.70. The summed E-state index contributed by atoms with van der Waals surface area (Å²) in [4.78, 5) is 24.7. The molecule has 0 spiro atoms. The lowest BCUT2D eigenvalue weighted by atomic mass is 10.2. The molecule has 1 heterocycles. The van der Waals surface area contributed by atoms with E-state index >= 15 is 0 Å². The van der Waals surface area contributed by atoms with Crippen molar-refractivity contribution in [2.75, 3.05) is 45.4 Å². The molecule has 0 aromatic heterocycles. The van der Waals surface area contributed by atoms with E-state index in [1.165, 1.54) is 14.2 Å². The average Bonchev–Trinajstić information content (AvgIpc) is 2.60. The summed E-state index contributed by atoms with van der Waals surface area (Å²) in [5, 5.41) is 0. The molecule has 0 N–H and O–H groups in total. The Hall–Kier alpha value is -2.44. The molecule has 0 atom stereocenters. The molecular formula is C16H21NO6. The predicted octanol–water partition coefficient (Wildman–Crippen LogP) is 1.39. The number of carbonyl (C=O) groups is 2. The van der Waals surface area contributed by atoms with Crippen LogP contribution in [0.25, 0.3) is 0 Å². The molecule has 1 aromatic rings. The summed E-state index contributed by atoms with van der Waals surface area (Å²) >= 11 is 0. The molecule has 7 heteroatoms. The standard InChI is InChI=1S/C16H21NO6/c1-20-15(18)5-7-17(8-6-16(19)21-2)12-3-4-13-14(11-12)23-10-9-22-13/h3-4,11H,5-10H2,1-2H3. The maximum Gasteiger partial charge on any atom is 0.307 e. The quantitative estimate of drug-likeness (QED) is 0.702. The van der Waals surface area contributed by atoms with Gasteiger partial charge in [-0.1, -0.05) is 0 Å². The van der Waals surface area contributed by atoms with Crippen molar-refractivity contribution in [3.8, 4) is 11.5 Å². The zero-order valence-electron chi connectivity index (χ0n) is 13.4. The van der Waals surface area contributed by atoms with Gasteiger partial charge in [-0.3, -0.25) is 9.59 Å². The Balaban J connectivity index is 2.10. The van der Waals surface area contributed by atoms with Gasteiger partial charge in [0, 0.05) is 24.8 Å². The molecule has 23 heavy (non-hydrogen) atoms. The monoisotopic (exact) mass is 323 g/mol. The SMILES string of the molecule is COC(=O)CCN(CCC(=O)OC)c1ccc2c(c1)OCCO2. The number of ether oxygens (including phenoxy) is 4. The smallest absolute Gasteiger partial charge is 0.307 e. The van der Waals surface area contributed by atoms with Crippen LogP contribution in [0, 0.1) is 0 Å². The van der Waals surface area contributed by atoms with Crippen molar-refractivity contribution in [3.05, 3.63) is 18.2 Å². The zero-order chi connectivity index (χ0) is 16.7. The van der Waals surface area contributed by atoms with Gasteiger partial charge in [0.25, 0.3) is 0 Å². The van der Waals surface area contributed by atoms with Crippen LogP contribution in [0.5, 0.6) is 11.5 Å². The second kappa shape index (κ2) is 8.26. The summed E-state index contributed by atoms with van der Waals surface area (Å²) in [5.74, 6) is 0.756. The van der Waals surface area contributed by atoms with Crippen LogP contribution < -0.4 is 14.4 Å². The lowest BCUT2D eigenvalue weighted by Gasteiger charge is -2.26. The molecule has 126 valence electrons. The Morgan fingerprint density at radius 1 is 1.00 bits per heavy atom. The minimum Gasteiger partial charge on any atom is -0.486 e. The van der Waals surface area contributed by atoms with Gasteiger partial charge < -0.3 is 23.8 Å². The summed E-state index contributed by atoms with van der Waals surface area (Å²) in [6, 6.07) is 5.55. The van der Waals surface area contributed by atoms with Crippen LogP contribution in [0.4, 0.5) is 5.69 Å². The minimum atomic E-state index is -0.300. The van der Waals surface area contributed by atoms with Gasteiger partial charge in [-0.15, -0.1) is 0 Å². The summed E-state index contributed by atoms with van der Waals surface area (Å²) in [6.07, 6.45) is 0.457. The van der Waals surface area contributed by atoms with E-state index in [0.717, 1.165) is 5.69 Å². The van der Waals surface area contributed by atoms with Crippen LogP contribution in [0.2, 0.25) is 0 Å². The third kappa shape index (κ3) is 4.77. The fourth-order valence-electron chi connectivity index (χ4n) is 2.26. The summed E-state index contributed by atoms with van der Waals surface area (Å²) in [5.41, 5.74) is 0.849. The normalized spacial score (nSPS) is 12.4. The van der Waals surface area contributed by atoms with E-state index in [9.17, 15) is 9.59 Å². The first kappa shape index (κ1) is 16.9. The van der Waals surface area contributed by atoms with E-state index in [-0.39, 0.29) is 24.8 Å². The first-order chi connectivity index (χ1) is 11.1. The molecule has 1 aliphatic rings. The van der Waals surface area contributed by atoms with E-state index in [1.54, 1.807) is 0 Å². The fraction of sp³-hybridized carbons (Fsp3) is 0.500. The maximum atomic E-state index is 11.4. The molecule has 0 aliphatic carbocycles. The van der Waals surface area contributed by atoms with Crippen LogP contribution in [0.15, 0.2) is 18.2 Å². The number of hydrogen-bond acceptors (Lipinski definition) is 7. The molecule has 7 nitrogen and oxygen atoms in total. The topological polar surface area (TPSA) is 74.3 Å². The Kier molecular flexibility index (Phi) is 6.08. The molecule has 0 saturated heterocycles. The number of nitrogens with zero attached hydrogens (tertiary/aromatic N) is 1. The van der Waals surface area contributed by atoms with Crippen LogP contribution in [-0.2, 0) is 19.1 Å². The number of anilines is 1. The second-order valence-electron chi connectivity index (χ2n) is 4.97. The molecule has 0 fully saturated rings. The van der Waals surface area contributed by atoms with E-state index in [1.807, 2.05) is 23.1 Å². The average molecular weight is 323 g/mol. The number of esters is 2. The van der Waals surface area contributed by atoms with Gasteiger partial charge in [-0.25, -0.2) is 0 Å². The second-order valence-corrected chi connectivity index (χ2v) is 4.97. The van der Waals surface area contributed by atoms with Crippen LogP contribution in [-0.4, -0.2) is 52.5 Å². The van der Waals surface area contributed by atoms with Crippen molar-refractivity contribution in [2.45, 2.75) is 12.8 Å². The highest BCUT2D eigenvalue weighted by Crippen LogP contribution is 2.34. The number of hydrogen-bond donors (Lipinski definition) is 0. The third-order valence-corrected chi connectivity index (χ3v) is 3.52. The zero-order valence-corrected chi connectivity index (χ0v) is 13.4. The Morgan fingerprint density at radius 3 is 2.13 bits per heavy atom. The van der Waals surface area contributed by atoms with Gasteiger partial charge in [0.05, 0.1) is 27.1 Å². The van der Waals surface area contributed by atoms with Crippen molar-refractivity contribution in [3.63, 3.8) is 0 Å². The fourth-order valence-corrected chi connectivity index (χ4v) is 2.26.